The van der Waals surface area contributed by atoms with Gasteiger partial charge < -0.3 is 5.11 Å². The lowest BCUT2D eigenvalue weighted by Gasteiger charge is -2.13. The van der Waals surface area contributed by atoms with Crippen molar-refractivity contribution in [2.45, 2.75) is 78.1 Å². The third-order valence-electron chi connectivity index (χ3n) is 4.48. The van der Waals surface area contributed by atoms with Gasteiger partial charge in [-0.05, 0) is 49.3 Å². The SMILES string of the molecule is CCCCCC(CC)CCCC=CCCc1ccc(O)cc1. The summed E-state index contributed by atoms with van der Waals surface area (Å²) in [4.78, 5) is 0. The van der Waals surface area contributed by atoms with Crippen LogP contribution in [0.5, 0.6) is 5.75 Å². The summed E-state index contributed by atoms with van der Waals surface area (Å²) in [5, 5.41) is 9.24. The van der Waals surface area contributed by atoms with E-state index in [1.807, 2.05) is 12.1 Å². The lowest BCUT2D eigenvalue weighted by atomic mass is 9.93. The normalized spacial score (nSPS) is 12.8. The van der Waals surface area contributed by atoms with E-state index in [2.05, 4.69) is 26.0 Å². The van der Waals surface area contributed by atoms with Crippen LogP contribution in [0.15, 0.2) is 36.4 Å². The van der Waals surface area contributed by atoms with Crippen LogP contribution in [0.25, 0.3) is 0 Å². The van der Waals surface area contributed by atoms with E-state index in [-0.39, 0.29) is 0 Å². The molecular formula is C21H34O. The summed E-state index contributed by atoms with van der Waals surface area (Å²) in [6, 6.07) is 7.54. The first-order valence-electron chi connectivity index (χ1n) is 9.19. The van der Waals surface area contributed by atoms with E-state index >= 15 is 0 Å². The first-order valence-corrected chi connectivity index (χ1v) is 9.19. The maximum atomic E-state index is 9.24. The van der Waals surface area contributed by atoms with Gasteiger partial charge in [0, 0.05) is 0 Å². The van der Waals surface area contributed by atoms with Gasteiger partial charge in [-0.3, -0.25) is 0 Å². The maximum Gasteiger partial charge on any atom is 0.115 e. The van der Waals surface area contributed by atoms with E-state index < -0.39 is 0 Å². The molecule has 1 nitrogen and oxygen atoms in total. The van der Waals surface area contributed by atoms with Crippen molar-refractivity contribution in [2.24, 2.45) is 5.92 Å². The molecule has 0 heterocycles. The first-order chi connectivity index (χ1) is 10.8. The Morgan fingerprint density at radius 1 is 0.909 bits per heavy atom. The summed E-state index contributed by atoms with van der Waals surface area (Å²) >= 11 is 0. The van der Waals surface area contributed by atoms with E-state index in [4.69, 9.17) is 0 Å². The second-order valence-corrected chi connectivity index (χ2v) is 6.38. The number of phenols is 1. The number of hydrogen-bond donors (Lipinski definition) is 1. The molecule has 0 aliphatic carbocycles. The summed E-state index contributed by atoms with van der Waals surface area (Å²) in [5.74, 6) is 1.29. The van der Waals surface area contributed by atoms with Gasteiger partial charge in [-0.15, -0.1) is 0 Å². The Labute approximate surface area is 137 Å². The van der Waals surface area contributed by atoms with Crippen molar-refractivity contribution in [1.82, 2.24) is 0 Å². The van der Waals surface area contributed by atoms with E-state index in [1.54, 1.807) is 12.1 Å². The standard InChI is InChI=1S/C21H34O/c1-3-5-9-12-19(4-2)13-10-7-6-8-11-14-20-15-17-21(22)18-16-20/h6,8,15-19,22H,3-5,7,9-14H2,1-2H3. The number of aromatic hydroxyl groups is 1. The molecule has 124 valence electrons. The van der Waals surface area contributed by atoms with Crippen molar-refractivity contribution >= 4 is 0 Å². The van der Waals surface area contributed by atoms with Crippen LogP contribution in [0, 0.1) is 5.92 Å². The lowest BCUT2D eigenvalue weighted by molar-refractivity contribution is 0.407. The molecule has 1 rings (SSSR count). The maximum absolute atomic E-state index is 9.24. The van der Waals surface area contributed by atoms with Crippen molar-refractivity contribution < 1.29 is 5.11 Å². The highest BCUT2D eigenvalue weighted by atomic mass is 16.3. The van der Waals surface area contributed by atoms with Gasteiger partial charge in [0.1, 0.15) is 5.75 Å². The molecule has 0 aromatic heterocycles. The van der Waals surface area contributed by atoms with Crippen molar-refractivity contribution in [3.63, 3.8) is 0 Å². The Balaban J connectivity index is 2.06. The molecule has 1 aromatic carbocycles. The molecule has 1 aromatic rings. The molecule has 22 heavy (non-hydrogen) atoms. The summed E-state index contributed by atoms with van der Waals surface area (Å²) < 4.78 is 0. The molecule has 0 aliphatic rings. The minimum Gasteiger partial charge on any atom is -0.508 e. The van der Waals surface area contributed by atoms with Gasteiger partial charge in [0.05, 0.1) is 0 Å². The van der Waals surface area contributed by atoms with Gasteiger partial charge in [0.2, 0.25) is 0 Å². The van der Waals surface area contributed by atoms with Crippen LogP contribution in [0.2, 0.25) is 0 Å². The number of unbranched alkanes of at least 4 members (excludes halogenated alkanes) is 3. The Kier molecular flexibility index (Phi) is 10.5. The van der Waals surface area contributed by atoms with Crippen LogP contribution in [0.1, 0.15) is 77.2 Å². The first kappa shape index (κ1) is 18.8. The highest BCUT2D eigenvalue weighted by molar-refractivity contribution is 5.26. The minimum absolute atomic E-state index is 0.351. The highest BCUT2D eigenvalue weighted by Gasteiger charge is 2.04. The van der Waals surface area contributed by atoms with E-state index in [0.717, 1.165) is 18.8 Å². The molecule has 1 heteroatoms. The topological polar surface area (TPSA) is 20.2 Å². The van der Waals surface area contributed by atoms with Gasteiger partial charge in [0.15, 0.2) is 0 Å². The molecule has 0 bridgehead atoms. The van der Waals surface area contributed by atoms with Crippen LogP contribution >= 0.6 is 0 Å². The predicted octanol–water partition coefficient (Wildman–Crippen LogP) is 6.66. The summed E-state index contributed by atoms with van der Waals surface area (Å²) in [5.41, 5.74) is 1.30. The van der Waals surface area contributed by atoms with Crippen LogP contribution in [-0.2, 0) is 6.42 Å². The fourth-order valence-corrected chi connectivity index (χ4v) is 2.91. The van der Waals surface area contributed by atoms with Crippen LogP contribution in [-0.4, -0.2) is 5.11 Å². The second-order valence-electron chi connectivity index (χ2n) is 6.38. The van der Waals surface area contributed by atoms with E-state index in [1.165, 1.54) is 56.9 Å². The quantitative estimate of drug-likeness (QED) is 0.338. The Morgan fingerprint density at radius 2 is 1.59 bits per heavy atom. The van der Waals surface area contributed by atoms with E-state index in [0.29, 0.717) is 5.75 Å². The average molecular weight is 303 g/mol. The largest absolute Gasteiger partial charge is 0.508 e. The second kappa shape index (κ2) is 12.3. The monoisotopic (exact) mass is 302 g/mol. The van der Waals surface area contributed by atoms with Gasteiger partial charge in [-0.2, -0.15) is 0 Å². The fourth-order valence-electron chi connectivity index (χ4n) is 2.91. The summed E-state index contributed by atoms with van der Waals surface area (Å²) in [6.07, 6.45) is 17.7. The molecule has 0 radical (unpaired) electrons. The summed E-state index contributed by atoms with van der Waals surface area (Å²) in [6.45, 7) is 4.62. The molecule has 0 amide bonds. The van der Waals surface area contributed by atoms with Crippen molar-refractivity contribution in [1.29, 1.82) is 0 Å². The number of allylic oxidation sites excluding steroid dienone is 2. The van der Waals surface area contributed by atoms with Crippen LogP contribution in [0.4, 0.5) is 0 Å². The van der Waals surface area contributed by atoms with Gasteiger partial charge >= 0.3 is 0 Å². The zero-order chi connectivity index (χ0) is 16.0. The molecule has 1 atom stereocenters. The predicted molar refractivity (Wildman–Crippen MR) is 97.3 cm³/mol. The third-order valence-corrected chi connectivity index (χ3v) is 4.48. The number of hydrogen-bond acceptors (Lipinski definition) is 1. The summed E-state index contributed by atoms with van der Waals surface area (Å²) in [7, 11) is 0. The number of phenolic OH excluding ortho intramolecular Hbond substituents is 1. The number of benzene rings is 1. The lowest BCUT2D eigenvalue weighted by Crippen LogP contribution is -1.98. The molecule has 0 spiro atoms. The van der Waals surface area contributed by atoms with Crippen molar-refractivity contribution in [3.05, 3.63) is 42.0 Å². The van der Waals surface area contributed by atoms with E-state index in [9.17, 15) is 5.11 Å². The average Bonchev–Trinajstić information content (AvgIpc) is 2.54. The van der Waals surface area contributed by atoms with Gasteiger partial charge in [-0.25, -0.2) is 0 Å². The fraction of sp³-hybridized carbons (Fsp3) is 0.619. The smallest absolute Gasteiger partial charge is 0.115 e. The van der Waals surface area contributed by atoms with Gasteiger partial charge in [0.25, 0.3) is 0 Å². The third kappa shape index (κ3) is 8.92. The number of rotatable bonds is 12. The molecule has 0 fully saturated rings. The molecule has 0 aliphatic heterocycles. The highest BCUT2D eigenvalue weighted by Crippen LogP contribution is 2.20. The zero-order valence-electron chi connectivity index (χ0n) is 14.6. The Bertz CT molecular complexity index is 391. The molecular weight excluding hydrogens is 268 g/mol. The Morgan fingerprint density at radius 3 is 2.27 bits per heavy atom. The molecule has 0 saturated heterocycles. The van der Waals surface area contributed by atoms with Crippen molar-refractivity contribution in [3.8, 4) is 5.75 Å². The molecule has 1 unspecified atom stereocenters. The van der Waals surface area contributed by atoms with Crippen LogP contribution in [0.3, 0.4) is 0 Å². The van der Waals surface area contributed by atoms with Crippen molar-refractivity contribution in [2.75, 3.05) is 0 Å². The Hall–Kier alpha value is -1.24. The minimum atomic E-state index is 0.351. The molecule has 0 saturated carbocycles. The zero-order valence-corrected chi connectivity index (χ0v) is 14.6. The van der Waals surface area contributed by atoms with Crippen LogP contribution < -0.4 is 0 Å². The number of aryl methyl sites for hydroxylation is 1. The molecule has 1 N–H and O–H groups in total. The van der Waals surface area contributed by atoms with Gasteiger partial charge in [-0.1, -0.05) is 76.7 Å².